The van der Waals surface area contributed by atoms with Gasteiger partial charge in [-0.05, 0) is 64.4 Å². The van der Waals surface area contributed by atoms with Crippen LogP contribution in [-0.2, 0) is 11.3 Å². The van der Waals surface area contributed by atoms with E-state index in [9.17, 15) is 8.78 Å². The Balaban J connectivity index is 1.56. The summed E-state index contributed by atoms with van der Waals surface area (Å²) in [4.78, 5) is 0. The van der Waals surface area contributed by atoms with E-state index in [-0.39, 0.29) is 11.6 Å². The average Bonchev–Trinajstić information content (AvgIpc) is 2.73. The molecule has 1 nitrogen and oxygen atoms in total. The van der Waals surface area contributed by atoms with Gasteiger partial charge in [-0.1, -0.05) is 48.2 Å². The molecule has 0 saturated heterocycles. The molecule has 0 aliphatic carbocycles. The highest BCUT2D eigenvalue weighted by molar-refractivity contribution is 5.84. The smallest absolute Gasteiger partial charge is 0.131 e. The van der Waals surface area contributed by atoms with Gasteiger partial charge in [0.1, 0.15) is 11.6 Å². The maximum Gasteiger partial charge on any atom is 0.131 e. The molecule has 0 heterocycles. The van der Waals surface area contributed by atoms with Crippen molar-refractivity contribution in [3.05, 3.63) is 107 Å². The molecule has 0 atom stereocenters. The highest BCUT2D eigenvalue weighted by Crippen LogP contribution is 2.24. The third-order valence-corrected chi connectivity index (χ3v) is 4.69. The quantitative estimate of drug-likeness (QED) is 0.375. The lowest BCUT2D eigenvalue weighted by Gasteiger charge is -2.06. The summed E-state index contributed by atoms with van der Waals surface area (Å²) in [5, 5.41) is 1.79. The first-order valence-electron chi connectivity index (χ1n) is 9.21. The van der Waals surface area contributed by atoms with Crippen molar-refractivity contribution in [2.45, 2.75) is 6.61 Å². The molecule has 0 radical (unpaired) electrons. The zero-order valence-electron chi connectivity index (χ0n) is 15.9. The Kier molecular flexibility index (Phi) is 5.37. The van der Waals surface area contributed by atoms with Crippen molar-refractivity contribution < 1.29 is 13.5 Å². The minimum atomic E-state index is -0.272. The number of benzene rings is 4. The number of methoxy groups -OCH3 is 1. The van der Waals surface area contributed by atoms with E-state index in [2.05, 4.69) is 11.8 Å². The summed E-state index contributed by atoms with van der Waals surface area (Å²) in [5.74, 6) is 5.73. The van der Waals surface area contributed by atoms with Gasteiger partial charge in [-0.15, -0.1) is 0 Å². The number of halogens is 2. The summed E-state index contributed by atoms with van der Waals surface area (Å²) >= 11 is 0. The highest BCUT2D eigenvalue weighted by Gasteiger charge is 2.06. The predicted octanol–water partition coefficient (Wildman–Crippen LogP) is 6.33. The monoisotopic (exact) mass is 384 g/mol. The van der Waals surface area contributed by atoms with Crippen LogP contribution in [0.2, 0.25) is 0 Å². The van der Waals surface area contributed by atoms with Gasteiger partial charge in [-0.25, -0.2) is 8.78 Å². The van der Waals surface area contributed by atoms with Crippen LogP contribution in [0.15, 0.2) is 78.9 Å². The molecule has 29 heavy (non-hydrogen) atoms. The van der Waals surface area contributed by atoms with Crippen molar-refractivity contribution in [3.63, 3.8) is 0 Å². The average molecular weight is 384 g/mol. The summed E-state index contributed by atoms with van der Waals surface area (Å²) in [5.41, 5.74) is 3.84. The summed E-state index contributed by atoms with van der Waals surface area (Å²) in [6.07, 6.45) is 0. The topological polar surface area (TPSA) is 9.23 Å². The molecular formula is C26H18F2O. The Labute approximate surface area is 168 Å². The van der Waals surface area contributed by atoms with Crippen molar-refractivity contribution in [2.75, 3.05) is 7.11 Å². The van der Waals surface area contributed by atoms with E-state index in [4.69, 9.17) is 4.74 Å². The second-order valence-electron chi connectivity index (χ2n) is 6.78. The molecule has 0 aliphatic heterocycles. The number of rotatable bonds is 3. The minimum Gasteiger partial charge on any atom is -0.380 e. The Morgan fingerprint density at radius 2 is 1.41 bits per heavy atom. The first-order chi connectivity index (χ1) is 14.1. The highest BCUT2D eigenvalue weighted by atomic mass is 19.1. The molecule has 142 valence electrons. The van der Waals surface area contributed by atoms with E-state index in [1.807, 2.05) is 48.5 Å². The van der Waals surface area contributed by atoms with Gasteiger partial charge in [0.15, 0.2) is 0 Å². The third kappa shape index (κ3) is 4.34. The Hall–Kier alpha value is -3.48. The number of fused-ring (bicyclic) bond motifs is 1. The molecule has 0 fully saturated rings. The molecule has 4 rings (SSSR count). The normalized spacial score (nSPS) is 10.6. The maximum absolute atomic E-state index is 14.4. The first kappa shape index (κ1) is 18.9. The van der Waals surface area contributed by atoms with Gasteiger partial charge in [0.25, 0.3) is 0 Å². The van der Waals surface area contributed by atoms with Gasteiger partial charge < -0.3 is 4.74 Å². The maximum atomic E-state index is 14.4. The molecule has 0 aromatic heterocycles. The van der Waals surface area contributed by atoms with Crippen molar-refractivity contribution >= 4 is 10.8 Å². The summed E-state index contributed by atoms with van der Waals surface area (Å²) in [6, 6.07) is 23.0. The Morgan fingerprint density at radius 1 is 0.724 bits per heavy atom. The van der Waals surface area contributed by atoms with Crippen LogP contribution in [0.3, 0.4) is 0 Å². The van der Waals surface area contributed by atoms with Gasteiger partial charge >= 0.3 is 0 Å². The molecule has 0 amide bonds. The summed E-state index contributed by atoms with van der Waals surface area (Å²) in [7, 11) is 1.59. The zero-order valence-corrected chi connectivity index (χ0v) is 15.9. The lowest BCUT2D eigenvalue weighted by Crippen LogP contribution is -1.91. The molecule has 0 unspecified atom stereocenters. The van der Waals surface area contributed by atoms with Gasteiger partial charge in [-0.3, -0.25) is 0 Å². The second kappa shape index (κ2) is 8.26. The fourth-order valence-electron chi connectivity index (χ4n) is 3.22. The molecular weight excluding hydrogens is 366 g/mol. The van der Waals surface area contributed by atoms with Crippen LogP contribution >= 0.6 is 0 Å². The van der Waals surface area contributed by atoms with Crippen LogP contribution in [0.1, 0.15) is 16.7 Å². The number of hydrogen-bond donors (Lipinski definition) is 0. The van der Waals surface area contributed by atoms with Crippen molar-refractivity contribution in [1.82, 2.24) is 0 Å². The van der Waals surface area contributed by atoms with Gasteiger partial charge in [0, 0.05) is 23.8 Å². The van der Waals surface area contributed by atoms with E-state index < -0.39 is 0 Å². The predicted molar refractivity (Wildman–Crippen MR) is 112 cm³/mol. The lowest BCUT2D eigenvalue weighted by molar-refractivity contribution is 0.184. The third-order valence-electron chi connectivity index (χ3n) is 4.69. The summed E-state index contributed by atoms with van der Waals surface area (Å²) < 4.78 is 32.7. The van der Waals surface area contributed by atoms with Crippen molar-refractivity contribution in [1.29, 1.82) is 0 Å². The minimum absolute atomic E-state index is 0.249. The van der Waals surface area contributed by atoms with Gasteiger partial charge in [0.2, 0.25) is 0 Å². The molecule has 0 N–H and O–H groups in total. The molecule has 0 aliphatic rings. The standard InChI is InChI=1S/C26H18F2O/c1-29-17-20-7-13-25(26(28)15-20)21-8-4-18(5-9-21)2-3-19-6-10-23-16-24(27)12-11-22(23)14-19/h4-16H,17H2,1H3. The largest absolute Gasteiger partial charge is 0.380 e. The van der Waals surface area contributed by atoms with Gasteiger partial charge in [0.05, 0.1) is 6.61 Å². The molecule has 0 spiro atoms. The van der Waals surface area contributed by atoms with Crippen LogP contribution in [0.5, 0.6) is 0 Å². The Morgan fingerprint density at radius 3 is 2.17 bits per heavy atom. The van der Waals surface area contributed by atoms with Crippen LogP contribution < -0.4 is 0 Å². The van der Waals surface area contributed by atoms with E-state index in [1.165, 1.54) is 18.2 Å². The van der Waals surface area contributed by atoms with E-state index >= 15 is 0 Å². The fraction of sp³-hybridized carbons (Fsp3) is 0.0769. The van der Waals surface area contributed by atoms with Crippen LogP contribution in [0, 0.1) is 23.5 Å². The molecule has 0 saturated carbocycles. The number of hydrogen-bond acceptors (Lipinski definition) is 1. The second-order valence-corrected chi connectivity index (χ2v) is 6.78. The van der Waals surface area contributed by atoms with Crippen LogP contribution in [0.4, 0.5) is 8.78 Å². The van der Waals surface area contributed by atoms with Crippen molar-refractivity contribution in [3.8, 4) is 23.0 Å². The van der Waals surface area contributed by atoms with Crippen LogP contribution in [0.25, 0.3) is 21.9 Å². The molecule has 0 bridgehead atoms. The SMILES string of the molecule is COCc1ccc(-c2ccc(C#Cc3ccc4cc(F)ccc4c3)cc2)c(F)c1. The molecule has 4 aromatic carbocycles. The van der Waals surface area contributed by atoms with E-state index in [0.717, 1.165) is 33.0 Å². The fourth-order valence-corrected chi connectivity index (χ4v) is 3.22. The van der Waals surface area contributed by atoms with E-state index in [1.54, 1.807) is 19.2 Å². The molecule has 4 aromatic rings. The lowest BCUT2D eigenvalue weighted by atomic mass is 10.0. The van der Waals surface area contributed by atoms with Crippen LogP contribution in [-0.4, -0.2) is 7.11 Å². The van der Waals surface area contributed by atoms with Crippen molar-refractivity contribution in [2.24, 2.45) is 0 Å². The number of ether oxygens (including phenoxy) is 1. The zero-order chi connectivity index (χ0) is 20.2. The van der Waals surface area contributed by atoms with Gasteiger partial charge in [-0.2, -0.15) is 0 Å². The molecule has 3 heteroatoms. The van der Waals surface area contributed by atoms with E-state index in [0.29, 0.717) is 12.2 Å². The summed E-state index contributed by atoms with van der Waals surface area (Å²) in [6.45, 7) is 0.384. The first-order valence-corrected chi connectivity index (χ1v) is 9.21. The Bertz CT molecular complexity index is 1230.